The Morgan fingerprint density at radius 1 is 1.11 bits per heavy atom. The minimum absolute atomic E-state index is 0.376. The van der Waals surface area contributed by atoms with Gasteiger partial charge in [-0.25, -0.2) is 0 Å². The zero-order valence-corrected chi connectivity index (χ0v) is 11.0. The van der Waals surface area contributed by atoms with Crippen LogP contribution >= 0.6 is 0 Å². The summed E-state index contributed by atoms with van der Waals surface area (Å²) in [6.45, 7) is 5.83. The molecule has 0 radical (unpaired) electrons. The predicted octanol–water partition coefficient (Wildman–Crippen LogP) is 1.29. The number of hydrogen-bond donors (Lipinski definition) is 1. The summed E-state index contributed by atoms with van der Waals surface area (Å²) in [7, 11) is 0. The van der Waals surface area contributed by atoms with Crippen LogP contribution in [0.2, 0.25) is 0 Å². The predicted molar refractivity (Wildman–Crippen MR) is 74.3 cm³/mol. The molecule has 2 N–H and O–H groups in total. The molecule has 0 saturated carbocycles. The molecule has 2 aliphatic heterocycles. The van der Waals surface area contributed by atoms with E-state index in [9.17, 15) is 0 Å². The summed E-state index contributed by atoms with van der Waals surface area (Å²) in [5, 5.41) is 0. The van der Waals surface area contributed by atoms with Gasteiger partial charge in [0.15, 0.2) is 0 Å². The molecule has 98 valence electrons. The van der Waals surface area contributed by atoms with Crippen molar-refractivity contribution in [3.8, 4) is 0 Å². The Hall–Kier alpha value is -0.900. The van der Waals surface area contributed by atoms with E-state index in [-0.39, 0.29) is 0 Å². The minimum atomic E-state index is 0.376. The molecule has 2 fully saturated rings. The molecular weight excluding hydrogens is 222 g/mol. The van der Waals surface area contributed by atoms with Crippen molar-refractivity contribution >= 4 is 0 Å². The van der Waals surface area contributed by atoms with Gasteiger partial charge in [-0.2, -0.15) is 0 Å². The van der Waals surface area contributed by atoms with Crippen molar-refractivity contribution in [1.29, 1.82) is 0 Å². The molecule has 0 spiro atoms. The SMILES string of the molecule is NC1CCN2CCCN(Cc3ccccc3)CC12. The van der Waals surface area contributed by atoms with Gasteiger partial charge in [0, 0.05) is 31.7 Å². The quantitative estimate of drug-likeness (QED) is 0.852. The van der Waals surface area contributed by atoms with Crippen molar-refractivity contribution in [2.24, 2.45) is 5.73 Å². The van der Waals surface area contributed by atoms with E-state index >= 15 is 0 Å². The fraction of sp³-hybridized carbons (Fsp3) is 0.600. The van der Waals surface area contributed by atoms with Gasteiger partial charge in [0.25, 0.3) is 0 Å². The van der Waals surface area contributed by atoms with Gasteiger partial charge < -0.3 is 5.73 Å². The van der Waals surface area contributed by atoms with Crippen LogP contribution in [0.4, 0.5) is 0 Å². The first-order chi connectivity index (χ1) is 8.83. The molecule has 0 amide bonds. The lowest BCUT2D eigenvalue weighted by Gasteiger charge is -2.28. The van der Waals surface area contributed by atoms with Gasteiger partial charge in [0.05, 0.1) is 0 Å². The van der Waals surface area contributed by atoms with Crippen LogP contribution < -0.4 is 5.73 Å². The van der Waals surface area contributed by atoms with Gasteiger partial charge in [-0.1, -0.05) is 30.3 Å². The average molecular weight is 245 g/mol. The first-order valence-electron chi connectivity index (χ1n) is 7.09. The van der Waals surface area contributed by atoms with Crippen LogP contribution in [-0.4, -0.2) is 48.1 Å². The Balaban J connectivity index is 1.66. The van der Waals surface area contributed by atoms with Crippen LogP contribution in [0.1, 0.15) is 18.4 Å². The summed E-state index contributed by atoms with van der Waals surface area (Å²) >= 11 is 0. The summed E-state index contributed by atoms with van der Waals surface area (Å²) in [4.78, 5) is 5.17. The Morgan fingerprint density at radius 3 is 2.78 bits per heavy atom. The fourth-order valence-corrected chi connectivity index (χ4v) is 3.31. The molecule has 2 unspecified atom stereocenters. The minimum Gasteiger partial charge on any atom is -0.326 e. The molecule has 0 aliphatic carbocycles. The van der Waals surface area contributed by atoms with Crippen molar-refractivity contribution in [2.45, 2.75) is 31.5 Å². The second-order valence-corrected chi connectivity index (χ2v) is 5.63. The van der Waals surface area contributed by atoms with E-state index in [0.717, 1.165) is 13.1 Å². The molecule has 3 nitrogen and oxygen atoms in total. The van der Waals surface area contributed by atoms with E-state index in [1.165, 1.54) is 38.0 Å². The Morgan fingerprint density at radius 2 is 1.94 bits per heavy atom. The molecule has 2 aliphatic rings. The maximum absolute atomic E-state index is 6.25. The molecule has 3 heteroatoms. The normalized spacial score (nSPS) is 30.1. The number of benzene rings is 1. The van der Waals surface area contributed by atoms with Crippen molar-refractivity contribution in [3.05, 3.63) is 35.9 Å². The molecule has 1 aromatic rings. The van der Waals surface area contributed by atoms with Gasteiger partial charge in [0.1, 0.15) is 0 Å². The third-order valence-corrected chi connectivity index (χ3v) is 4.33. The van der Waals surface area contributed by atoms with Gasteiger partial charge >= 0.3 is 0 Å². The highest BCUT2D eigenvalue weighted by molar-refractivity contribution is 5.14. The highest BCUT2D eigenvalue weighted by Crippen LogP contribution is 2.21. The fourth-order valence-electron chi connectivity index (χ4n) is 3.31. The largest absolute Gasteiger partial charge is 0.326 e. The molecule has 2 heterocycles. The summed E-state index contributed by atoms with van der Waals surface area (Å²) in [5.41, 5.74) is 7.66. The van der Waals surface area contributed by atoms with Crippen LogP contribution in [0.5, 0.6) is 0 Å². The van der Waals surface area contributed by atoms with Crippen LogP contribution in [-0.2, 0) is 6.54 Å². The zero-order chi connectivity index (χ0) is 12.4. The van der Waals surface area contributed by atoms with Crippen LogP contribution in [0.3, 0.4) is 0 Å². The second-order valence-electron chi connectivity index (χ2n) is 5.63. The van der Waals surface area contributed by atoms with E-state index in [1.54, 1.807) is 0 Å². The van der Waals surface area contributed by atoms with Crippen LogP contribution in [0, 0.1) is 0 Å². The Bertz CT molecular complexity index is 379. The van der Waals surface area contributed by atoms with Crippen LogP contribution in [0.15, 0.2) is 30.3 Å². The zero-order valence-electron chi connectivity index (χ0n) is 11.0. The molecule has 0 aromatic heterocycles. The average Bonchev–Trinajstić information content (AvgIpc) is 2.62. The monoisotopic (exact) mass is 245 g/mol. The van der Waals surface area contributed by atoms with Crippen molar-refractivity contribution in [2.75, 3.05) is 26.2 Å². The molecular formula is C15H23N3. The summed E-state index contributed by atoms with van der Waals surface area (Å²) in [5.74, 6) is 0. The lowest BCUT2D eigenvalue weighted by atomic mass is 10.1. The summed E-state index contributed by atoms with van der Waals surface area (Å²) in [6, 6.07) is 11.7. The summed E-state index contributed by atoms with van der Waals surface area (Å²) in [6.07, 6.45) is 2.44. The molecule has 2 atom stereocenters. The molecule has 1 aromatic carbocycles. The standard InChI is InChI=1S/C15H23N3/c16-14-7-10-18-9-4-8-17(12-15(14)18)11-13-5-2-1-3-6-13/h1-3,5-6,14-15H,4,7-12,16H2. The maximum Gasteiger partial charge on any atom is 0.0375 e. The van der Waals surface area contributed by atoms with E-state index < -0.39 is 0 Å². The third kappa shape index (κ3) is 2.58. The van der Waals surface area contributed by atoms with Gasteiger partial charge in [-0.05, 0) is 31.5 Å². The van der Waals surface area contributed by atoms with E-state index in [0.29, 0.717) is 12.1 Å². The number of nitrogens with zero attached hydrogens (tertiary/aromatic N) is 2. The van der Waals surface area contributed by atoms with E-state index in [4.69, 9.17) is 5.73 Å². The molecule has 2 saturated heterocycles. The number of hydrogen-bond acceptors (Lipinski definition) is 3. The number of rotatable bonds is 2. The topological polar surface area (TPSA) is 32.5 Å². The van der Waals surface area contributed by atoms with Crippen molar-refractivity contribution < 1.29 is 0 Å². The van der Waals surface area contributed by atoms with Gasteiger partial charge in [-0.3, -0.25) is 9.80 Å². The van der Waals surface area contributed by atoms with Crippen LogP contribution in [0.25, 0.3) is 0 Å². The highest BCUT2D eigenvalue weighted by atomic mass is 15.3. The van der Waals surface area contributed by atoms with E-state index in [1.807, 2.05) is 0 Å². The highest BCUT2D eigenvalue weighted by Gasteiger charge is 2.34. The number of fused-ring (bicyclic) bond motifs is 1. The first kappa shape index (κ1) is 12.2. The number of nitrogens with two attached hydrogens (primary N) is 1. The van der Waals surface area contributed by atoms with Crippen molar-refractivity contribution in [3.63, 3.8) is 0 Å². The van der Waals surface area contributed by atoms with Gasteiger partial charge in [-0.15, -0.1) is 0 Å². The Labute approximate surface area is 110 Å². The summed E-state index contributed by atoms with van der Waals surface area (Å²) < 4.78 is 0. The second kappa shape index (κ2) is 5.39. The first-order valence-corrected chi connectivity index (χ1v) is 7.09. The Kier molecular flexibility index (Phi) is 3.64. The van der Waals surface area contributed by atoms with Crippen molar-refractivity contribution in [1.82, 2.24) is 9.80 Å². The molecule has 3 rings (SSSR count). The lowest BCUT2D eigenvalue weighted by molar-refractivity contribution is 0.206. The molecule has 18 heavy (non-hydrogen) atoms. The maximum atomic E-state index is 6.25. The third-order valence-electron chi connectivity index (χ3n) is 4.33. The van der Waals surface area contributed by atoms with E-state index in [2.05, 4.69) is 40.1 Å². The van der Waals surface area contributed by atoms with Gasteiger partial charge in [0.2, 0.25) is 0 Å². The molecule has 0 bridgehead atoms. The smallest absolute Gasteiger partial charge is 0.0375 e. The lowest BCUT2D eigenvalue weighted by Crippen LogP contribution is -2.45.